The summed E-state index contributed by atoms with van der Waals surface area (Å²) in [6.07, 6.45) is 4.14. The van der Waals surface area contributed by atoms with Gasteiger partial charge in [0.15, 0.2) is 11.5 Å². The maximum absolute atomic E-state index is 12.2. The summed E-state index contributed by atoms with van der Waals surface area (Å²) in [6, 6.07) is 4.57. The van der Waals surface area contributed by atoms with Gasteiger partial charge in [0.05, 0.1) is 13.7 Å². The van der Waals surface area contributed by atoms with Gasteiger partial charge in [0.1, 0.15) is 11.7 Å². The molecule has 9 heteroatoms. The van der Waals surface area contributed by atoms with E-state index in [4.69, 9.17) is 24.4 Å². The zero-order chi connectivity index (χ0) is 24.9. The van der Waals surface area contributed by atoms with E-state index < -0.39 is 11.7 Å². The summed E-state index contributed by atoms with van der Waals surface area (Å²) < 4.78 is 22.1. The molecule has 0 aliphatic rings. The Bertz CT molecular complexity index is 1000. The molecule has 1 unspecified atom stereocenters. The van der Waals surface area contributed by atoms with Crippen molar-refractivity contribution in [2.75, 3.05) is 26.8 Å². The number of benzene rings is 1. The monoisotopic (exact) mass is 476 g/mol. The number of rotatable bonds is 15. The van der Waals surface area contributed by atoms with Crippen molar-refractivity contribution in [2.45, 2.75) is 64.9 Å². The maximum Gasteiger partial charge on any atom is 0.336 e. The van der Waals surface area contributed by atoms with Gasteiger partial charge < -0.3 is 29.7 Å². The van der Waals surface area contributed by atoms with Crippen LogP contribution < -0.4 is 26.1 Å². The zero-order valence-corrected chi connectivity index (χ0v) is 20.3. The molecular weight excluding hydrogens is 440 g/mol. The highest BCUT2D eigenvalue weighted by Gasteiger charge is 2.19. The largest absolute Gasteiger partial charge is 0.493 e. The van der Waals surface area contributed by atoms with Crippen LogP contribution in [0.15, 0.2) is 27.4 Å². The third-order valence-corrected chi connectivity index (χ3v) is 5.30. The molecule has 1 aromatic heterocycles. The van der Waals surface area contributed by atoms with E-state index in [0.717, 1.165) is 19.3 Å². The van der Waals surface area contributed by atoms with Crippen LogP contribution in [-0.4, -0.2) is 38.7 Å². The summed E-state index contributed by atoms with van der Waals surface area (Å²) in [5.41, 5.74) is 5.67. The topological polar surface area (TPSA) is 130 Å². The minimum absolute atomic E-state index is 0.00387. The highest BCUT2D eigenvalue weighted by Crippen LogP contribution is 2.35. The molecule has 188 valence electrons. The number of esters is 1. The van der Waals surface area contributed by atoms with Crippen LogP contribution in [0.2, 0.25) is 0 Å². The molecule has 0 aliphatic carbocycles. The first-order valence-electron chi connectivity index (χ1n) is 11.8. The van der Waals surface area contributed by atoms with E-state index in [1.165, 1.54) is 13.2 Å². The summed E-state index contributed by atoms with van der Waals surface area (Å²) in [7, 11) is 1.51. The number of carbonyl (C=O) groups is 2. The SMILES string of the molecule is CCCCCNC(=O)CCCOc1cc2oc(=O)cc(C(C)OC(=O)CCCN)c2cc1OC. The molecule has 34 heavy (non-hydrogen) atoms. The van der Waals surface area contributed by atoms with Crippen molar-refractivity contribution < 1.29 is 28.2 Å². The number of unbranched alkanes of at least 4 members (excludes halogenated alkanes) is 2. The first kappa shape index (κ1) is 27.2. The lowest BCUT2D eigenvalue weighted by Gasteiger charge is -2.17. The third-order valence-electron chi connectivity index (χ3n) is 5.30. The van der Waals surface area contributed by atoms with Gasteiger partial charge in [-0.3, -0.25) is 9.59 Å². The summed E-state index contributed by atoms with van der Waals surface area (Å²) in [6.45, 7) is 5.19. The van der Waals surface area contributed by atoms with Crippen molar-refractivity contribution in [1.29, 1.82) is 0 Å². The fraction of sp³-hybridized carbons (Fsp3) is 0.560. The van der Waals surface area contributed by atoms with Crippen LogP contribution in [0.5, 0.6) is 11.5 Å². The van der Waals surface area contributed by atoms with Gasteiger partial charge in [-0.15, -0.1) is 0 Å². The predicted molar refractivity (Wildman–Crippen MR) is 129 cm³/mol. The molecule has 0 spiro atoms. The van der Waals surface area contributed by atoms with E-state index in [1.807, 2.05) is 0 Å². The van der Waals surface area contributed by atoms with Crippen LogP contribution in [0.1, 0.15) is 70.5 Å². The van der Waals surface area contributed by atoms with Crippen LogP contribution in [0.3, 0.4) is 0 Å². The Morgan fingerprint density at radius 3 is 2.59 bits per heavy atom. The summed E-state index contributed by atoms with van der Waals surface area (Å²) >= 11 is 0. The number of methoxy groups -OCH3 is 1. The summed E-state index contributed by atoms with van der Waals surface area (Å²) in [5, 5.41) is 3.48. The van der Waals surface area contributed by atoms with E-state index in [0.29, 0.717) is 61.4 Å². The Morgan fingerprint density at radius 1 is 1.09 bits per heavy atom. The van der Waals surface area contributed by atoms with Gasteiger partial charge in [-0.1, -0.05) is 19.8 Å². The molecule has 1 atom stereocenters. The quantitative estimate of drug-likeness (QED) is 0.226. The number of hydrogen-bond acceptors (Lipinski definition) is 8. The maximum atomic E-state index is 12.2. The predicted octanol–water partition coefficient (Wildman–Crippen LogP) is 3.61. The van der Waals surface area contributed by atoms with Gasteiger partial charge >= 0.3 is 11.6 Å². The number of amides is 1. The van der Waals surface area contributed by atoms with Crippen LogP contribution in [0.25, 0.3) is 11.0 Å². The third kappa shape index (κ3) is 8.37. The molecule has 0 bridgehead atoms. The van der Waals surface area contributed by atoms with E-state index >= 15 is 0 Å². The molecular formula is C25H36N2O7. The van der Waals surface area contributed by atoms with Crippen molar-refractivity contribution in [3.05, 3.63) is 34.2 Å². The molecule has 1 amide bonds. The smallest absolute Gasteiger partial charge is 0.336 e. The Labute approximate surface area is 199 Å². The average molecular weight is 477 g/mol. The second-order valence-electron chi connectivity index (χ2n) is 8.05. The Hall–Kier alpha value is -3.07. The fourth-order valence-electron chi connectivity index (χ4n) is 3.47. The minimum atomic E-state index is -0.663. The zero-order valence-electron chi connectivity index (χ0n) is 20.3. The van der Waals surface area contributed by atoms with Crippen molar-refractivity contribution in [3.63, 3.8) is 0 Å². The Balaban J connectivity index is 2.08. The normalized spacial score (nSPS) is 11.8. The number of nitrogens with one attached hydrogen (secondary N) is 1. The van der Waals surface area contributed by atoms with Gasteiger partial charge in [0.25, 0.3) is 0 Å². The van der Waals surface area contributed by atoms with Crippen molar-refractivity contribution in [3.8, 4) is 11.5 Å². The molecule has 1 heterocycles. The number of ether oxygens (including phenoxy) is 3. The molecule has 2 aromatic rings. The van der Waals surface area contributed by atoms with E-state index in [-0.39, 0.29) is 23.9 Å². The molecule has 0 aliphatic heterocycles. The number of fused-ring (bicyclic) bond motifs is 1. The van der Waals surface area contributed by atoms with Gasteiger partial charge in [-0.2, -0.15) is 0 Å². The van der Waals surface area contributed by atoms with E-state index in [1.54, 1.807) is 19.1 Å². The van der Waals surface area contributed by atoms with Crippen molar-refractivity contribution in [1.82, 2.24) is 5.32 Å². The van der Waals surface area contributed by atoms with Gasteiger partial charge in [0, 0.05) is 42.5 Å². The summed E-state index contributed by atoms with van der Waals surface area (Å²) in [5.74, 6) is 0.441. The first-order valence-corrected chi connectivity index (χ1v) is 11.8. The van der Waals surface area contributed by atoms with E-state index in [2.05, 4.69) is 12.2 Å². The van der Waals surface area contributed by atoms with Crippen LogP contribution in [-0.2, 0) is 14.3 Å². The van der Waals surface area contributed by atoms with Crippen molar-refractivity contribution >= 4 is 22.8 Å². The molecule has 1 aromatic carbocycles. The minimum Gasteiger partial charge on any atom is -0.493 e. The van der Waals surface area contributed by atoms with Crippen molar-refractivity contribution in [2.24, 2.45) is 5.73 Å². The molecule has 0 fully saturated rings. The average Bonchev–Trinajstić information content (AvgIpc) is 2.82. The summed E-state index contributed by atoms with van der Waals surface area (Å²) in [4.78, 5) is 36.1. The van der Waals surface area contributed by atoms with Gasteiger partial charge in [-0.05, 0) is 38.8 Å². The van der Waals surface area contributed by atoms with Crippen LogP contribution >= 0.6 is 0 Å². The first-order chi connectivity index (χ1) is 16.4. The van der Waals surface area contributed by atoms with Crippen LogP contribution in [0, 0.1) is 0 Å². The van der Waals surface area contributed by atoms with Gasteiger partial charge in [-0.25, -0.2) is 4.79 Å². The fourth-order valence-corrected chi connectivity index (χ4v) is 3.47. The molecule has 9 nitrogen and oxygen atoms in total. The molecule has 0 saturated carbocycles. The Morgan fingerprint density at radius 2 is 1.88 bits per heavy atom. The molecule has 2 rings (SSSR count). The lowest BCUT2D eigenvalue weighted by molar-refractivity contribution is -0.148. The molecule has 0 radical (unpaired) electrons. The Kier molecular flexibility index (Phi) is 11.4. The molecule has 3 N–H and O–H groups in total. The number of hydrogen-bond donors (Lipinski definition) is 2. The van der Waals surface area contributed by atoms with Crippen LogP contribution in [0.4, 0.5) is 0 Å². The highest BCUT2D eigenvalue weighted by atomic mass is 16.5. The molecule has 0 saturated heterocycles. The second-order valence-corrected chi connectivity index (χ2v) is 8.05. The standard InChI is InChI=1S/C25H36N2O7/c1-4-5-6-12-27-23(28)9-8-13-32-22-16-20-19(14-21(22)31-3)18(15-25(30)34-20)17(2)33-24(29)10-7-11-26/h14-17H,4-13,26H2,1-3H3,(H,27,28). The number of nitrogens with two attached hydrogens (primary N) is 1. The van der Waals surface area contributed by atoms with E-state index in [9.17, 15) is 14.4 Å². The lowest BCUT2D eigenvalue weighted by Crippen LogP contribution is -2.24. The second kappa shape index (κ2) is 14.2. The number of carbonyl (C=O) groups excluding carboxylic acids is 2. The lowest BCUT2D eigenvalue weighted by atomic mass is 10.1. The highest BCUT2D eigenvalue weighted by molar-refractivity contribution is 5.84. The van der Waals surface area contributed by atoms with Gasteiger partial charge in [0.2, 0.25) is 5.91 Å².